The van der Waals surface area contributed by atoms with Crippen molar-refractivity contribution >= 4 is 17.5 Å². The fraction of sp³-hybridized carbons (Fsp3) is 0.300. The smallest absolute Gasteiger partial charge is 0.251 e. The Kier molecular flexibility index (Phi) is 7.49. The van der Waals surface area contributed by atoms with E-state index < -0.39 is 0 Å². The minimum Gasteiger partial charge on any atom is -0.497 e. The largest absolute Gasteiger partial charge is 0.497 e. The molecular formula is C20H24N2O4. The minimum absolute atomic E-state index is 0.0888. The van der Waals surface area contributed by atoms with E-state index in [1.165, 1.54) is 0 Å². The van der Waals surface area contributed by atoms with Crippen molar-refractivity contribution in [1.82, 2.24) is 5.32 Å². The van der Waals surface area contributed by atoms with Crippen molar-refractivity contribution in [1.29, 1.82) is 0 Å². The van der Waals surface area contributed by atoms with Crippen molar-refractivity contribution < 1.29 is 19.1 Å². The second kappa shape index (κ2) is 10.1. The number of amides is 2. The molecule has 0 fully saturated rings. The highest BCUT2D eigenvalue weighted by molar-refractivity contribution is 5.95. The van der Waals surface area contributed by atoms with E-state index >= 15 is 0 Å². The first kappa shape index (κ1) is 19.3. The van der Waals surface area contributed by atoms with Crippen LogP contribution in [-0.2, 0) is 4.79 Å². The third kappa shape index (κ3) is 6.12. The number of methoxy groups -OCH3 is 1. The van der Waals surface area contributed by atoms with Gasteiger partial charge in [0.2, 0.25) is 5.91 Å². The lowest BCUT2D eigenvalue weighted by atomic mass is 10.2. The summed E-state index contributed by atoms with van der Waals surface area (Å²) in [5.41, 5.74) is 1.23. The third-order valence-corrected chi connectivity index (χ3v) is 3.64. The normalized spacial score (nSPS) is 10.1. The van der Waals surface area contributed by atoms with E-state index in [4.69, 9.17) is 9.47 Å². The molecule has 2 aromatic rings. The lowest BCUT2D eigenvalue weighted by molar-refractivity contribution is -0.116. The van der Waals surface area contributed by atoms with Crippen LogP contribution in [0.1, 0.15) is 30.1 Å². The maximum Gasteiger partial charge on any atom is 0.251 e. The second-order valence-corrected chi connectivity index (χ2v) is 5.61. The first-order chi connectivity index (χ1) is 12.6. The Balaban J connectivity index is 1.70. The van der Waals surface area contributed by atoms with Gasteiger partial charge in [-0.25, -0.2) is 0 Å². The average molecular weight is 356 g/mol. The summed E-state index contributed by atoms with van der Waals surface area (Å²) in [5, 5.41) is 5.54. The number of benzene rings is 2. The van der Waals surface area contributed by atoms with Crippen molar-refractivity contribution in [3.63, 3.8) is 0 Å². The van der Waals surface area contributed by atoms with Gasteiger partial charge in [0.25, 0.3) is 5.91 Å². The van der Waals surface area contributed by atoms with Crippen LogP contribution in [0.25, 0.3) is 0 Å². The Morgan fingerprint density at radius 1 is 0.962 bits per heavy atom. The summed E-state index contributed by atoms with van der Waals surface area (Å²) in [6, 6.07) is 14.1. The molecule has 0 heterocycles. The summed E-state index contributed by atoms with van der Waals surface area (Å²) in [5.74, 6) is 1.30. The van der Waals surface area contributed by atoms with Gasteiger partial charge in [0.05, 0.1) is 13.7 Å². The van der Waals surface area contributed by atoms with E-state index in [0.717, 1.165) is 11.5 Å². The molecule has 0 aliphatic carbocycles. The fourth-order valence-electron chi connectivity index (χ4n) is 2.29. The minimum atomic E-state index is -0.124. The molecule has 0 spiro atoms. The predicted molar refractivity (Wildman–Crippen MR) is 101 cm³/mol. The molecule has 0 aliphatic heterocycles. The third-order valence-electron chi connectivity index (χ3n) is 3.64. The first-order valence-electron chi connectivity index (χ1n) is 8.57. The van der Waals surface area contributed by atoms with Crippen molar-refractivity contribution in [3.05, 3.63) is 54.1 Å². The molecule has 2 aromatic carbocycles. The zero-order valence-corrected chi connectivity index (χ0v) is 15.1. The van der Waals surface area contributed by atoms with Gasteiger partial charge in [0.1, 0.15) is 11.5 Å². The van der Waals surface area contributed by atoms with Crippen molar-refractivity contribution in [3.8, 4) is 11.5 Å². The van der Waals surface area contributed by atoms with Gasteiger partial charge in [0, 0.05) is 24.2 Å². The van der Waals surface area contributed by atoms with Gasteiger partial charge in [-0.2, -0.15) is 0 Å². The lowest BCUT2D eigenvalue weighted by Crippen LogP contribution is -2.22. The zero-order valence-electron chi connectivity index (χ0n) is 15.1. The van der Waals surface area contributed by atoms with Gasteiger partial charge in [-0.3, -0.25) is 9.59 Å². The maximum absolute atomic E-state index is 12.0. The van der Waals surface area contributed by atoms with E-state index in [1.54, 1.807) is 31.4 Å². The number of anilines is 1. The zero-order chi connectivity index (χ0) is 18.8. The molecule has 2 rings (SSSR count). The SMILES string of the molecule is CCNC(=O)c1ccc(NC(=O)CCCOc2ccc(OC)cc2)cc1. The van der Waals surface area contributed by atoms with Gasteiger partial charge in [-0.15, -0.1) is 0 Å². The molecule has 0 bridgehead atoms. The van der Waals surface area contributed by atoms with Gasteiger partial charge in [-0.05, 0) is 61.9 Å². The maximum atomic E-state index is 12.0. The van der Waals surface area contributed by atoms with E-state index in [9.17, 15) is 9.59 Å². The molecule has 0 aromatic heterocycles. The number of carbonyl (C=O) groups is 2. The molecule has 2 amide bonds. The molecule has 0 radical (unpaired) electrons. The molecule has 6 heteroatoms. The van der Waals surface area contributed by atoms with Crippen LogP contribution in [0.2, 0.25) is 0 Å². The van der Waals surface area contributed by atoms with Crippen LogP contribution in [0.15, 0.2) is 48.5 Å². The highest BCUT2D eigenvalue weighted by Gasteiger charge is 2.06. The molecule has 0 saturated carbocycles. The highest BCUT2D eigenvalue weighted by atomic mass is 16.5. The fourth-order valence-corrected chi connectivity index (χ4v) is 2.29. The van der Waals surface area contributed by atoms with E-state index in [1.807, 2.05) is 31.2 Å². The number of nitrogens with one attached hydrogen (secondary N) is 2. The first-order valence-corrected chi connectivity index (χ1v) is 8.57. The predicted octanol–water partition coefficient (Wildman–Crippen LogP) is 3.24. The van der Waals surface area contributed by atoms with Gasteiger partial charge < -0.3 is 20.1 Å². The molecule has 0 saturated heterocycles. The lowest BCUT2D eigenvalue weighted by Gasteiger charge is -2.08. The van der Waals surface area contributed by atoms with E-state index in [-0.39, 0.29) is 11.8 Å². The Morgan fingerprint density at radius 2 is 1.62 bits per heavy atom. The summed E-state index contributed by atoms with van der Waals surface area (Å²) in [6.07, 6.45) is 0.961. The van der Waals surface area contributed by atoms with Gasteiger partial charge in [0.15, 0.2) is 0 Å². The van der Waals surface area contributed by atoms with Crippen LogP contribution in [0.4, 0.5) is 5.69 Å². The van der Waals surface area contributed by atoms with Crippen molar-refractivity contribution in [2.75, 3.05) is 25.6 Å². The summed E-state index contributed by atoms with van der Waals surface area (Å²) >= 11 is 0. The molecule has 26 heavy (non-hydrogen) atoms. The number of carbonyl (C=O) groups excluding carboxylic acids is 2. The standard InChI is InChI=1S/C20H24N2O4/c1-3-21-20(24)15-6-8-16(9-7-15)22-19(23)5-4-14-26-18-12-10-17(25-2)11-13-18/h6-13H,3-5,14H2,1-2H3,(H,21,24)(H,22,23). The van der Waals surface area contributed by atoms with Crippen molar-refractivity contribution in [2.45, 2.75) is 19.8 Å². The van der Waals surface area contributed by atoms with Gasteiger partial charge >= 0.3 is 0 Å². The molecule has 6 nitrogen and oxygen atoms in total. The summed E-state index contributed by atoms with van der Waals surface area (Å²) in [4.78, 5) is 23.7. The molecule has 0 unspecified atom stereocenters. The van der Waals surface area contributed by atoms with Crippen LogP contribution in [0, 0.1) is 0 Å². The van der Waals surface area contributed by atoms with Crippen LogP contribution >= 0.6 is 0 Å². The average Bonchev–Trinajstić information content (AvgIpc) is 2.66. The summed E-state index contributed by atoms with van der Waals surface area (Å²) < 4.78 is 10.7. The van der Waals surface area contributed by atoms with Crippen LogP contribution in [0.5, 0.6) is 11.5 Å². The highest BCUT2D eigenvalue weighted by Crippen LogP contribution is 2.17. The monoisotopic (exact) mass is 356 g/mol. The Hall–Kier alpha value is -3.02. The Labute approximate surface area is 153 Å². The quantitative estimate of drug-likeness (QED) is 0.676. The Bertz CT molecular complexity index is 712. The van der Waals surface area contributed by atoms with Crippen LogP contribution in [0.3, 0.4) is 0 Å². The topological polar surface area (TPSA) is 76.7 Å². The molecular weight excluding hydrogens is 332 g/mol. The number of hydrogen-bond acceptors (Lipinski definition) is 4. The summed E-state index contributed by atoms with van der Waals surface area (Å²) in [7, 11) is 1.61. The van der Waals surface area contributed by atoms with E-state index in [2.05, 4.69) is 10.6 Å². The molecule has 0 aliphatic rings. The number of hydrogen-bond donors (Lipinski definition) is 2. The molecule has 0 atom stereocenters. The van der Waals surface area contributed by atoms with Crippen LogP contribution < -0.4 is 20.1 Å². The molecule has 2 N–H and O–H groups in total. The number of ether oxygens (including phenoxy) is 2. The number of rotatable bonds is 9. The van der Waals surface area contributed by atoms with E-state index in [0.29, 0.717) is 37.2 Å². The Morgan fingerprint density at radius 3 is 2.23 bits per heavy atom. The van der Waals surface area contributed by atoms with Gasteiger partial charge in [-0.1, -0.05) is 0 Å². The van der Waals surface area contributed by atoms with Crippen molar-refractivity contribution in [2.24, 2.45) is 0 Å². The molecule has 138 valence electrons. The van der Waals surface area contributed by atoms with Crippen LogP contribution in [-0.4, -0.2) is 32.1 Å². The summed E-state index contributed by atoms with van der Waals surface area (Å²) in [6.45, 7) is 2.90. The second-order valence-electron chi connectivity index (χ2n) is 5.61.